The highest BCUT2D eigenvalue weighted by molar-refractivity contribution is 7.80. The quantitative estimate of drug-likeness (QED) is 0.369. The van der Waals surface area contributed by atoms with Crippen LogP contribution in [0.2, 0.25) is 0 Å². The summed E-state index contributed by atoms with van der Waals surface area (Å²) in [5.74, 6) is 1.35. The molecule has 5 nitrogen and oxygen atoms in total. The van der Waals surface area contributed by atoms with Crippen LogP contribution in [-0.2, 0) is 6.61 Å². The Labute approximate surface area is 163 Å². The van der Waals surface area contributed by atoms with Crippen LogP contribution >= 0.6 is 12.2 Å². The van der Waals surface area contributed by atoms with Crippen molar-refractivity contribution in [2.75, 3.05) is 6.61 Å². The largest absolute Gasteiger partial charge is 0.490 e. The summed E-state index contributed by atoms with van der Waals surface area (Å²) in [6, 6.07) is 20.1. The van der Waals surface area contributed by atoms with Gasteiger partial charge in [0.15, 0.2) is 16.6 Å². The summed E-state index contributed by atoms with van der Waals surface area (Å²) in [5.41, 5.74) is 9.86. The molecular weight excluding hydrogens is 358 g/mol. The van der Waals surface area contributed by atoms with Gasteiger partial charge in [-0.05, 0) is 59.2 Å². The first kappa shape index (κ1) is 18.7. The molecule has 27 heavy (non-hydrogen) atoms. The molecule has 0 atom stereocenters. The fourth-order valence-electron chi connectivity index (χ4n) is 2.74. The van der Waals surface area contributed by atoms with E-state index in [4.69, 9.17) is 27.4 Å². The lowest BCUT2D eigenvalue weighted by atomic mass is 10.1. The highest BCUT2D eigenvalue weighted by Crippen LogP contribution is 2.29. The van der Waals surface area contributed by atoms with Gasteiger partial charge >= 0.3 is 0 Å². The summed E-state index contributed by atoms with van der Waals surface area (Å²) >= 11 is 4.72. The molecule has 3 aromatic carbocycles. The van der Waals surface area contributed by atoms with E-state index in [2.05, 4.69) is 34.8 Å². The number of nitrogens with zero attached hydrogens (tertiary/aromatic N) is 1. The van der Waals surface area contributed by atoms with Crippen LogP contribution in [0.25, 0.3) is 10.8 Å². The average molecular weight is 379 g/mol. The number of benzene rings is 3. The molecule has 0 spiro atoms. The summed E-state index contributed by atoms with van der Waals surface area (Å²) in [6.07, 6.45) is 1.62. The van der Waals surface area contributed by atoms with Gasteiger partial charge in [-0.2, -0.15) is 5.10 Å². The third kappa shape index (κ3) is 4.95. The Kier molecular flexibility index (Phi) is 6.22. The molecule has 0 aliphatic carbocycles. The van der Waals surface area contributed by atoms with Crippen LogP contribution in [0.5, 0.6) is 11.5 Å². The zero-order valence-electron chi connectivity index (χ0n) is 15.0. The van der Waals surface area contributed by atoms with Crippen molar-refractivity contribution in [2.24, 2.45) is 10.8 Å². The first-order valence-electron chi connectivity index (χ1n) is 8.62. The van der Waals surface area contributed by atoms with Gasteiger partial charge in [-0.25, -0.2) is 0 Å². The monoisotopic (exact) mass is 379 g/mol. The summed E-state index contributed by atoms with van der Waals surface area (Å²) < 4.78 is 11.8. The zero-order valence-corrected chi connectivity index (χ0v) is 15.8. The number of fused-ring (bicyclic) bond motifs is 1. The molecule has 0 bridgehead atoms. The first-order valence-corrected chi connectivity index (χ1v) is 9.03. The van der Waals surface area contributed by atoms with Crippen molar-refractivity contribution >= 4 is 34.3 Å². The van der Waals surface area contributed by atoms with E-state index in [1.54, 1.807) is 6.21 Å². The maximum Gasteiger partial charge on any atom is 0.184 e. The zero-order chi connectivity index (χ0) is 19.1. The lowest BCUT2D eigenvalue weighted by Gasteiger charge is -2.13. The molecule has 6 heteroatoms. The number of ether oxygens (including phenoxy) is 2. The van der Waals surface area contributed by atoms with Crippen LogP contribution in [0, 0.1) is 0 Å². The second-order valence-corrected chi connectivity index (χ2v) is 6.24. The van der Waals surface area contributed by atoms with E-state index in [1.165, 1.54) is 10.8 Å². The molecule has 0 saturated heterocycles. The van der Waals surface area contributed by atoms with Crippen molar-refractivity contribution in [3.63, 3.8) is 0 Å². The number of hydrazone groups is 1. The van der Waals surface area contributed by atoms with Crippen molar-refractivity contribution in [2.45, 2.75) is 13.5 Å². The van der Waals surface area contributed by atoms with Gasteiger partial charge in [-0.15, -0.1) is 0 Å². The van der Waals surface area contributed by atoms with Crippen molar-refractivity contribution in [1.82, 2.24) is 5.43 Å². The molecule has 0 amide bonds. The summed E-state index contributed by atoms with van der Waals surface area (Å²) in [7, 11) is 0. The van der Waals surface area contributed by atoms with Crippen LogP contribution in [0.1, 0.15) is 18.1 Å². The topological polar surface area (TPSA) is 68.9 Å². The van der Waals surface area contributed by atoms with Crippen molar-refractivity contribution < 1.29 is 9.47 Å². The Balaban J connectivity index is 1.79. The lowest BCUT2D eigenvalue weighted by molar-refractivity contribution is 0.270. The van der Waals surface area contributed by atoms with Crippen LogP contribution in [0.15, 0.2) is 65.8 Å². The van der Waals surface area contributed by atoms with E-state index in [1.807, 2.05) is 43.3 Å². The molecule has 0 saturated carbocycles. The first-order chi connectivity index (χ1) is 13.2. The number of thiocarbonyl (C=S) groups is 1. The second-order valence-electron chi connectivity index (χ2n) is 5.80. The minimum absolute atomic E-state index is 0.117. The molecule has 3 N–H and O–H groups in total. The predicted molar refractivity (Wildman–Crippen MR) is 113 cm³/mol. The maximum absolute atomic E-state index is 6.06. The van der Waals surface area contributed by atoms with E-state index in [0.29, 0.717) is 24.7 Å². The Morgan fingerprint density at radius 1 is 1.07 bits per heavy atom. The minimum atomic E-state index is 0.117. The number of hydrogen-bond acceptors (Lipinski definition) is 4. The lowest BCUT2D eigenvalue weighted by Crippen LogP contribution is -2.23. The van der Waals surface area contributed by atoms with Gasteiger partial charge in [0.2, 0.25) is 0 Å². The summed E-state index contributed by atoms with van der Waals surface area (Å²) in [4.78, 5) is 0. The molecule has 3 rings (SSSR count). The standard InChI is InChI=1S/C21H21N3O2S/c1-2-25-20-12-15(13-23-24-21(22)27)10-11-19(20)26-14-17-8-5-7-16-6-3-4-9-18(16)17/h3-13H,2,14H2,1H3,(H3,22,24,27)/b23-13-. The van der Waals surface area contributed by atoms with Crippen molar-refractivity contribution in [3.05, 3.63) is 71.8 Å². The molecule has 138 valence electrons. The maximum atomic E-state index is 6.06. The molecule has 0 unspecified atom stereocenters. The Bertz CT molecular complexity index is 967. The van der Waals surface area contributed by atoms with Gasteiger partial charge in [0.05, 0.1) is 12.8 Å². The van der Waals surface area contributed by atoms with Crippen LogP contribution in [0.4, 0.5) is 0 Å². The fraction of sp³-hybridized carbons (Fsp3) is 0.143. The van der Waals surface area contributed by atoms with Gasteiger partial charge in [-0.1, -0.05) is 42.5 Å². The summed E-state index contributed by atoms with van der Waals surface area (Å²) in [6.45, 7) is 2.93. The van der Waals surface area contributed by atoms with E-state index in [-0.39, 0.29) is 5.11 Å². The molecule has 3 aromatic rings. The van der Waals surface area contributed by atoms with E-state index < -0.39 is 0 Å². The van der Waals surface area contributed by atoms with Crippen LogP contribution in [0.3, 0.4) is 0 Å². The van der Waals surface area contributed by atoms with Gasteiger partial charge < -0.3 is 15.2 Å². The molecule has 0 heterocycles. The predicted octanol–water partition coefficient (Wildman–Crippen LogP) is 3.98. The highest BCUT2D eigenvalue weighted by atomic mass is 32.1. The molecule has 0 radical (unpaired) electrons. The molecular formula is C21H21N3O2S. The molecule has 0 fully saturated rings. The van der Waals surface area contributed by atoms with Gasteiger partial charge in [-0.3, -0.25) is 5.43 Å². The molecule has 0 aliphatic rings. The number of rotatable bonds is 7. The number of nitrogens with two attached hydrogens (primary N) is 1. The second kappa shape index (κ2) is 9.00. The minimum Gasteiger partial charge on any atom is -0.490 e. The van der Waals surface area contributed by atoms with E-state index >= 15 is 0 Å². The van der Waals surface area contributed by atoms with Gasteiger partial charge in [0, 0.05) is 0 Å². The highest BCUT2D eigenvalue weighted by Gasteiger charge is 2.08. The van der Waals surface area contributed by atoms with Crippen LogP contribution < -0.4 is 20.6 Å². The third-order valence-electron chi connectivity index (χ3n) is 3.92. The molecule has 0 aromatic heterocycles. The van der Waals surface area contributed by atoms with Crippen LogP contribution in [-0.4, -0.2) is 17.9 Å². The Morgan fingerprint density at radius 2 is 1.89 bits per heavy atom. The fourth-order valence-corrected chi connectivity index (χ4v) is 2.79. The van der Waals surface area contributed by atoms with E-state index in [9.17, 15) is 0 Å². The molecule has 0 aliphatic heterocycles. The summed E-state index contributed by atoms with van der Waals surface area (Å²) in [5, 5.41) is 6.46. The number of hydrogen-bond donors (Lipinski definition) is 2. The van der Waals surface area contributed by atoms with Gasteiger partial charge in [0.25, 0.3) is 0 Å². The third-order valence-corrected chi connectivity index (χ3v) is 4.01. The average Bonchev–Trinajstić information content (AvgIpc) is 2.67. The van der Waals surface area contributed by atoms with Gasteiger partial charge in [0.1, 0.15) is 6.61 Å². The SMILES string of the molecule is CCOc1cc(/C=N\NC(N)=S)ccc1OCc1cccc2ccccc12. The van der Waals surface area contributed by atoms with Crippen molar-refractivity contribution in [3.8, 4) is 11.5 Å². The normalized spacial score (nSPS) is 10.9. The van der Waals surface area contributed by atoms with E-state index in [0.717, 1.165) is 11.1 Å². The number of nitrogens with one attached hydrogen (secondary N) is 1. The van der Waals surface area contributed by atoms with Crippen molar-refractivity contribution in [1.29, 1.82) is 0 Å². The Hall–Kier alpha value is -3.12. The smallest absolute Gasteiger partial charge is 0.184 e. The Morgan fingerprint density at radius 3 is 2.70 bits per heavy atom.